The molecule has 1 atom stereocenters. The molecule has 1 aliphatic heterocycles. The molecule has 2 aromatic rings. The molecule has 1 unspecified atom stereocenters. The predicted octanol–water partition coefficient (Wildman–Crippen LogP) is 4.09. The molecule has 1 N–H and O–H groups in total. The molecule has 0 aromatic heterocycles. The highest BCUT2D eigenvalue weighted by Crippen LogP contribution is 2.28. The molecule has 0 radical (unpaired) electrons. The van der Waals surface area contributed by atoms with Gasteiger partial charge in [-0.25, -0.2) is 0 Å². The van der Waals surface area contributed by atoms with E-state index < -0.39 is 0 Å². The third-order valence-corrected chi connectivity index (χ3v) is 3.81. The van der Waals surface area contributed by atoms with Gasteiger partial charge in [-0.3, -0.25) is 0 Å². The van der Waals surface area contributed by atoms with Crippen LogP contribution in [-0.2, 0) is 0 Å². The molecule has 0 amide bonds. The van der Waals surface area contributed by atoms with Crippen LogP contribution in [0, 0.1) is 6.92 Å². The molecule has 0 spiro atoms. The Bertz CT molecular complexity index is 539. The van der Waals surface area contributed by atoms with Crippen molar-refractivity contribution in [3.05, 3.63) is 59.7 Å². The smallest absolute Gasteiger partial charge is 0.0320 e. The molecule has 1 saturated heterocycles. The van der Waals surface area contributed by atoms with Crippen molar-refractivity contribution in [1.82, 2.24) is 5.32 Å². The first-order valence-corrected chi connectivity index (χ1v) is 6.74. The first kappa shape index (κ1) is 11.5. The average molecular weight is 237 g/mol. The van der Waals surface area contributed by atoms with Gasteiger partial charge in [0.05, 0.1) is 0 Å². The van der Waals surface area contributed by atoms with Crippen molar-refractivity contribution in [2.45, 2.75) is 25.8 Å². The second-order valence-electron chi connectivity index (χ2n) is 5.09. The minimum Gasteiger partial charge on any atom is -0.310 e. The van der Waals surface area contributed by atoms with Gasteiger partial charge in [0.1, 0.15) is 0 Å². The molecule has 1 aliphatic rings. The van der Waals surface area contributed by atoms with E-state index in [4.69, 9.17) is 0 Å². The van der Waals surface area contributed by atoms with Crippen molar-refractivity contribution >= 4 is 0 Å². The maximum Gasteiger partial charge on any atom is 0.0320 e. The minimum absolute atomic E-state index is 0.550. The van der Waals surface area contributed by atoms with Gasteiger partial charge in [-0.05, 0) is 54.6 Å². The lowest BCUT2D eigenvalue weighted by Crippen LogP contribution is -2.12. The van der Waals surface area contributed by atoms with Crippen molar-refractivity contribution in [1.29, 1.82) is 0 Å². The highest BCUT2D eigenvalue weighted by molar-refractivity contribution is 5.67. The Hall–Kier alpha value is -1.60. The van der Waals surface area contributed by atoms with Crippen LogP contribution in [0.2, 0.25) is 0 Å². The zero-order valence-electron chi connectivity index (χ0n) is 10.8. The zero-order valence-corrected chi connectivity index (χ0v) is 10.8. The zero-order chi connectivity index (χ0) is 12.4. The summed E-state index contributed by atoms with van der Waals surface area (Å²) in [7, 11) is 0. The quantitative estimate of drug-likeness (QED) is 0.829. The highest BCUT2D eigenvalue weighted by Gasteiger charge is 2.16. The van der Waals surface area contributed by atoms with Crippen molar-refractivity contribution in [2.24, 2.45) is 0 Å². The Morgan fingerprint density at radius 1 is 1.06 bits per heavy atom. The van der Waals surface area contributed by atoms with Gasteiger partial charge in [0.25, 0.3) is 0 Å². The van der Waals surface area contributed by atoms with Gasteiger partial charge in [0, 0.05) is 6.04 Å². The maximum atomic E-state index is 3.57. The molecule has 1 fully saturated rings. The fraction of sp³-hybridized carbons (Fsp3) is 0.294. The summed E-state index contributed by atoms with van der Waals surface area (Å²) in [6, 6.07) is 18.1. The van der Waals surface area contributed by atoms with Crippen LogP contribution in [0.25, 0.3) is 11.1 Å². The van der Waals surface area contributed by atoms with Crippen molar-refractivity contribution in [3.63, 3.8) is 0 Å². The van der Waals surface area contributed by atoms with E-state index in [9.17, 15) is 0 Å². The number of aryl methyl sites for hydroxylation is 1. The summed E-state index contributed by atoms with van der Waals surface area (Å²) in [5.41, 5.74) is 5.44. The van der Waals surface area contributed by atoms with E-state index in [0.717, 1.165) is 6.54 Å². The van der Waals surface area contributed by atoms with Crippen LogP contribution in [0.1, 0.15) is 30.0 Å². The Morgan fingerprint density at radius 2 is 1.94 bits per heavy atom. The van der Waals surface area contributed by atoms with Gasteiger partial charge in [0.2, 0.25) is 0 Å². The number of nitrogens with one attached hydrogen (secondary N) is 1. The van der Waals surface area contributed by atoms with Crippen LogP contribution in [0.15, 0.2) is 48.5 Å². The van der Waals surface area contributed by atoms with E-state index in [0.29, 0.717) is 6.04 Å². The van der Waals surface area contributed by atoms with Crippen LogP contribution >= 0.6 is 0 Å². The molecule has 92 valence electrons. The third-order valence-electron chi connectivity index (χ3n) is 3.81. The van der Waals surface area contributed by atoms with Crippen LogP contribution in [-0.4, -0.2) is 6.54 Å². The molecule has 0 aliphatic carbocycles. The number of rotatable bonds is 2. The summed E-state index contributed by atoms with van der Waals surface area (Å²) in [5, 5.41) is 3.57. The normalized spacial score (nSPS) is 19.1. The number of hydrogen-bond donors (Lipinski definition) is 1. The average Bonchev–Trinajstić information content (AvgIpc) is 2.93. The second-order valence-corrected chi connectivity index (χ2v) is 5.09. The minimum atomic E-state index is 0.550. The van der Waals surface area contributed by atoms with E-state index in [1.165, 1.54) is 35.1 Å². The Kier molecular flexibility index (Phi) is 3.16. The van der Waals surface area contributed by atoms with Crippen LogP contribution in [0.4, 0.5) is 0 Å². The first-order valence-electron chi connectivity index (χ1n) is 6.74. The van der Waals surface area contributed by atoms with Gasteiger partial charge in [-0.2, -0.15) is 0 Å². The number of hydrogen-bond acceptors (Lipinski definition) is 1. The summed E-state index contributed by atoms with van der Waals surface area (Å²) in [6.07, 6.45) is 2.55. The van der Waals surface area contributed by atoms with Gasteiger partial charge in [-0.1, -0.05) is 42.5 Å². The maximum absolute atomic E-state index is 3.57. The highest BCUT2D eigenvalue weighted by atomic mass is 14.9. The standard InChI is InChI=1S/C17H19N/c1-13-6-2-3-9-16(13)14-7-4-8-15(12-14)17-10-5-11-18-17/h2-4,6-9,12,17-18H,5,10-11H2,1H3. The molecule has 1 heteroatoms. The fourth-order valence-electron chi connectivity index (χ4n) is 2.79. The summed E-state index contributed by atoms with van der Waals surface area (Å²) in [4.78, 5) is 0. The van der Waals surface area contributed by atoms with E-state index >= 15 is 0 Å². The van der Waals surface area contributed by atoms with Crippen molar-refractivity contribution in [3.8, 4) is 11.1 Å². The Balaban J connectivity index is 1.98. The van der Waals surface area contributed by atoms with Gasteiger partial charge in [-0.15, -0.1) is 0 Å². The van der Waals surface area contributed by atoms with Crippen molar-refractivity contribution in [2.75, 3.05) is 6.54 Å². The molecule has 1 heterocycles. The van der Waals surface area contributed by atoms with E-state index in [-0.39, 0.29) is 0 Å². The lowest BCUT2D eigenvalue weighted by molar-refractivity contribution is 0.648. The molecule has 0 bridgehead atoms. The van der Waals surface area contributed by atoms with E-state index in [1.54, 1.807) is 0 Å². The van der Waals surface area contributed by atoms with Gasteiger partial charge < -0.3 is 5.32 Å². The number of benzene rings is 2. The third kappa shape index (κ3) is 2.19. The molecular weight excluding hydrogens is 218 g/mol. The SMILES string of the molecule is Cc1ccccc1-c1cccc(C2CCCN2)c1. The molecule has 1 nitrogen and oxygen atoms in total. The van der Waals surface area contributed by atoms with E-state index in [2.05, 4.69) is 60.8 Å². The molecule has 2 aromatic carbocycles. The molecule has 0 saturated carbocycles. The van der Waals surface area contributed by atoms with Crippen LogP contribution in [0.5, 0.6) is 0 Å². The molecule has 18 heavy (non-hydrogen) atoms. The molecule has 3 rings (SSSR count). The Morgan fingerprint density at radius 3 is 2.72 bits per heavy atom. The van der Waals surface area contributed by atoms with Gasteiger partial charge in [0.15, 0.2) is 0 Å². The first-order chi connectivity index (χ1) is 8.84. The largest absolute Gasteiger partial charge is 0.310 e. The molecular formula is C17H19N. The van der Waals surface area contributed by atoms with Gasteiger partial charge >= 0.3 is 0 Å². The summed E-state index contributed by atoms with van der Waals surface area (Å²) >= 11 is 0. The van der Waals surface area contributed by atoms with Crippen molar-refractivity contribution < 1.29 is 0 Å². The van der Waals surface area contributed by atoms with Crippen LogP contribution < -0.4 is 5.32 Å². The summed E-state index contributed by atoms with van der Waals surface area (Å²) in [5.74, 6) is 0. The predicted molar refractivity (Wildman–Crippen MR) is 76.6 cm³/mol. The Labute approximate surface area is 109 Å². The van der Waals surface area contributed by atoms with Crippen LogP contribution in [0.3, 0.4) is 0 Å². The summed E-state index contributed by atoms with van der Waals surface area (Å²) in [6.45, 7) is 3.33. The lowest BCUT2D eigenvalue weighted by atomic mass is 9.96. The second kappa shape index (κ2) is 4.95. The monoisotopic (exact) mass is 237 g/mol. The fourth-order valence-corrected chi connectivity index (χ4v) is 2.79. The van der Waals surface area contributed by atoms with E-state index in [1.807, 2.05) is 0 Å². The lowest BCUT2D eigenvalue weighted by Gasteiger charge is -2.13. The topological polar surface area (TPSA) is 12.0 Å². The summed E-state index contributed by atoms with van der Waals surface area (Å²) < 4.78 is 0.